The molecule has 0 saturated carbocycles. The molecule has 1 fully saturated rings. The third-order valence-electron chi connectivity index (χ3n) is 5.73. The van der Waals surface area contributed by atoms with Gasteiger partial charge in [0.15, 0.2) is 0 Å². The number of nitrogens with zero attached hydrogens (tertiary/aromatic N) is 1. The van der Waals surface area contributed by atoms with Crippen molar-refractivity contribution in [3.63, 3.8) is 0 Å². The van der Waals surface area contributed by atoms with Gasteiger partial charge in [-0.2, -0.15) is 0 Å². The van der Waals surface area contributed by atoms with Crippen LogP contribution in [0.3, 0.4) is 0 Å². The van der Waals surface area contributed by atoms with Gasteiger partial charge in [-0.3, -0.25) is 14.5 Å². The lowest BCUT2D eigenvalue weighted by molar-refractivity contribution is -0.128. The van der Waals surface area contributed by atoms with E-state index in [2.05, 4.69) is 15.6 Å². The molecule has 3 aromatic rings. The molecular formula is C24H25FN4O4. The molecule has 1 saturated heterocycles. The summed E-state index contributed by atoms with van der Waals surface area (Å²) in [6.07, 6.45) is 2.65. The molecule has 0 bridgehead atoms. The Morgan fingerprint density at radius 3 is 2.82 bits per heavy atom. The Hall–Kier alpha value is -3.88. The number of carbonyl (C=O) groups is 3. The van der Waals surface area contributed by atoms with Crippen LogP contribution in [0.15, 0.2) is 48.7 Å². The van der Waals surface area contributed by atoms with Gasteiger partial charge in [0, 0.05) is 35.6 Å². The number of H-pyrrole nitrogens is 1. The van der Waals surface area contributed by atoms with E-state index in [9.17, 15) is 18.8 Å². The number of para-hydroxylation sites is 1. The van der Waals surface area contributed by atoms with Crippen LogP contribution in [0.1, 0.15) is 24.0 Å². The summed E-state index contributed by atoms with van der Waals surface area (Å²) in [6.45, 7) is 0.482. The van der Waals surface area contributed by atoms with Crippen molar-refractivity contribution < 1.29 is 23.5 Å². The van der Waals surface area contributed by atoms with E-state index < -0.39 is 12.1 Å². The van der Waals surface area contributed by atoms with E-state index >= 15 is 0 Å². The monoisotopic (exact) mass is 452 g/mol. The first-order valence-corrected chi connectivity index (χ1v) is 10.7. The SMILES string of the molecule is COc1ccccc1CN1C(=O)N[C@H](CCC(=O)NCCc2c[nH]c3ccc(F)cc23)C1=O. The number of imide groups is 1. The van der Waals surface area contributed by atoms with E-state index in [1.54, 1.807) is 24.4 Å². The number of aromatic amines is 1. The quantitative estimate of drug-likeness (QED) is 0.435. The molecule has 172 valence electrons. The smallest absolute Gasteiger partial charge is 0.325 e. The zero-order valence-electron chi connectivity index (χ0n) is 18.2. The van der Waals surface area contributed by atoms with Crippen molar-refractivity contribution in [3.05, 3.63) is 65.6 Å². The summed E-state index contributed by atoms with van der Waals surface area (Å²) >= 11 is 0. The maximum absolute atomic E-state index is 13.5. The van der Waals surface area contributed by atoms with Gasteiger partial charge in [0.2, 0.25) is 5.91 Å². The van der Waals surface area contributed by atoms with Crippen LogP contribution in [0.5, 0.6) is 5.75 Å². The van der Waals surface area contributed by atoms with Gasteiger partial charge in [0.05, 0.1) is 13.7 Å². The second-order valence-corrected chi connectivity index (χ2v) is 7.88. The van der Waals surface area contributed by atoms with Crippen molar-refractivity contribution in [1.29, 1.82) is 0 Å². The fourth-order valence-corrected chi connectivity index (χ4v) is 3.98. The number of methoxy groups -OCH3 is 1. The molecule has 1 aliphatic rings. The summed E-state index contributed by atoms with van der Waals surface area (Å²) in [5, 5.41) is 6.25. The molecule has 0 unspecified atom stereocenters. The molecule has 4 amide bonds. The maximum atomic E-state index is 13.5. The highest BCUT2D eigenvalue weighted by atomic mass is 19.1. The number of rotatable bonds is 9. The number of urea groups is 1. The predicted molar refractivity (Wildman–Crippen MR) is 120 cm³/mol. The zero-order chi connectivity index (χ0) is 23.4. The van der Waals surface area contributed by atoms with Gasteiger partial charge in [-0.1, -0.05) is 18.2 Å². The highest BCUT2D eigenvalue weighted by molar-refractivity contribution is 6.04. The van der Waals surface area contributed by atoms with Crippen molar-refractivity contribution in [3.8, 4) is 5.75 Å². The van der Waals surface area contributed by atoms with Gasteiger partial charge in [0.25, 0.3) is 5.91 Å². The van der Waals surface area contributed by atoms with Crippen LogP contribution in [0.25, 0.3) is 10.9 Å². The Kier molecular flexibility index (Phi) is 6.58. The lowest BCUT2D eigenvalue weighted by Crippen LogP contribution is -2.33. The number of halogens is 1. The fraction of sp³-hybridized carbons (Fsp3) is 0.292. The number of carbonyl (C=O) groups excluding carboxylic acids is 3. The Balaban J connectivity index is 1.25. The minimum absolute atomic E-state index is 0.0989. The lowest BCUT2D eigenvalue weighted by Gasteiger charge is -2.15. The Labute approximate surface area is 190 Å². The minimum Gasteiger partial charge on any atom is -0.496 e. The molecule has 0 aliphatic carbocycles. The summed E-state index contributed by atoms with van der Waals surface area (Å²) in [7, 11) is 1.53. The average molecular weight is 452 g/mol. The van der Waals surface area contributed by atoms with Gasteiger partial charge in [-0.25, -0.2) is 9.18 Å². The second-order valence-electron chi connectivity index (χ2n) is 7.88. The molecule has 0 radical (unpaired) electrons. The van der Waals surface area contributed by atoms with Crippen LogP contribution in [0, 0.1) is 5.82 Å². The number of amides is 4. The summed E-state index contributed by atoms with van der Waals surface area (Å²) in [5.41, 5.74) is 2.47. The number of benzene rings is 2. The van der Waals surface area contributed by atoms with E-state index in [0.29, 0.717) is 18.7 Å². The molecular weight excluding hydrogens is 427 g/mol. The first-order valence-electron chi connectivity index (χ1n) is 10.7. The first-order chi connectivity index (χ1) is 16.0. The van der Waals surface area contributed by atoms with Crippen molar-refractivity contribution in [2.75, 3.05) is 13.7 Å². The van der Waals surface area contributed by atoms with Crippen molar-refractivity contribution in [1.82, 2.24) is 20.5 Å². The van der Waals surface area contributed by atoms with Crippen LogP contribution in [0.2, 0.25) is 0 Å². The Bertz CT molecular complexity index is 1190. The molecule has 4 rings (SSSR count). The van der Waals surface area contributed by atoms with E-state index in [4.69, 9.17) is 4.74 Å². The van der Waals surface area contributed by atoms with Gasteiger partial charge in [-0.05, 0) is 42.7 Å². The van der Waals surface area contributed by atoms with E-state index in [-0.39, 0.29) is 37.0 Å². The standard InChI is InChI=1S/C24H25FN4O4/c1-33-21-5-3-2-4-16(21)14-29-23(31)20(28-24(29)32)8-9-22(30)26-11-10-15-13-27-19-7-6-17(25)12-18(15)19/h2-7,12-13,20,27H,8-11,14H2,1H3,(H,26,30)(H,28,32)/t20-/m1/s1. The largest absolute Gasteiger partial charge is 0.496 e. The third kappa shape index (κ3) is 4.97. The maximum Gasteiger partial charge on any atom is 0.325 e. The van der Waals surface area contributed by atoms with Crippen LogP contribution in [0.4, 0.5) is 9.18 Å². The van der Waals surface area contributed by atoms with Crippen LogP contribution in [-0.2, 0) is 22.6 Å². The minimum atomic E-state index is -0.741. The Morgan fingerprint density at radius 2 is 2.00 bits per heavy atom. The number of fused-ring (bicyclic) bond motifs is 1. The molecule has 1 aromatic heterocycles. The van der Waals surface area contributed by atoms with Gasteiger partial charge >= 0.3 is 6.03 Å². The number of hydrogen-bond donors (Lipinski definition) is 3. The molecule has 2 heterocycles. The normalized spacial score (nSPS) is 15.7. The van der Waals surface area contributed by atoms with E-state index in [1.807, 2.05) is 12.1 Å². The summed E-state index contributed by atoms with van der Waals surface area (Å²) in [6, 6.07) is 10.5. The predicted octanol–water partition coefficient (Wildman–Crippen LogP) is 2.88. The number of nitrogens with one attached hydrogen (secondary N) is 3. The van der Waals surface area contributed by atoms with Gasteiger partial charge < -0.3 is 20.4 Å². The molecule has 0 spiro atoms. The molecule has 1 aliphatic heterocycles. The lowest BCUT2D eigenvalue weighted by atomic mass is 10.1. The Morgan fingerprint density at radius 1 is 1.18 bits per heavy atom. The molecule has 9 heteroatoms. The van der Waals surface area contributed by atoms with Crippen LogP contribution < -0.4 is 15.4 Å². The van der Waals surface area contributed by atoms with E-state index in [0.717, 1.165) is 26.9 Å². The topological polar surface area (TPSA) is 104 Å². The highest BCUT2D eigenvalue weighted by Crippen LogP contribution is 2.22. The number of aromatic nitrogens is 1. The number of hydrogen-bond acceptors (Lipinski definition) is 4. The molecule has 1 atom stereocenters. The van der Waals surface area contributed by atoms with Gasteiger partial charge in [0.1, 0.15) is 17.6 Å². The molecule has 3 N–H and O–H groups in total. The van der Waals surface area contributed by atoms with Crippen LogP contribution >= 0.6 is 0 Å². The highest BCUT2D eigenvalue weighted by Gasteiger charge is 2.38. The van der Waals surface area contributed by atoms with Crippen molar-refractivity contribution in [2.45, 2.75) is 31.8 Å². The number of ether oxygens (including phenoxy) is 1. The average Bonchev–Trinajstić information content (AvgIpc) is 3.33. The van der Waals surface area contributed by atoms with E-state index in [1.165, 1.54) is 19.2 Å². The molecule has 33 heavy (non-hydrogen) atoms. The third-order valence-corrected chi connectivity index (χ3v) is 5.73. The summed E-state index contributed by atoms with van der Waals surface area (Å²) in [5.74, 6) is -0.292. The fourth-order valence-electron chi connectivity index (χ4n) is 3.98. The summed E-state index contributed by atoms with van der Waals surface area (Å²) in [4.78, 5) is 41.5. The van der Waals surface area contributed by atoms with Gasteiger partial charge in [-0.15, -0.1) is 0 Å². The summed E-state index contributed by atoms with van der Waals surface area (Å²) < 4.78 is 18.8. The zero-order valence-corrected chi connectivity index (χ0v) is 18.2. The molecule has 8 nitrogen and oxygen atoms in total. The van der Waals surface area contributed by atoms with Crippen molar-refractivity contribution >= 4 is 28.7 Å². The van der Waals surface area contributed by atoms with Crippen LogP contribution in [-0.4, -0.2) is 47.4 Å². The molecule has 2 aromatic carbocycles. The first kappa shape index (κ1) is 22.3. The second kappa shape index (κ2) is 9.72. The van der Waals surface area contributed by atoms with Crippen molar-refractivity contribution in [2.24, 2.45) is 0 Å².